The fraction of sp³-hybridized carbons (Fsp3) is 0.617. The van der Waals surface area contributed by atoms with E-state index in [1.54, 1.807) is 0 Å². The first-order chi connectivity index (χ1) is 27.8. The Kier molecular flexibility index (Phi) is 40.2. The minimum absolute atomic E-state index is 0.0386. The summed E-state index contributed by atoms with van der Waals surface area (Å²) >= 11 is 0. The number of phosphoric acid groups is 1. The molecule has 0 saturated heterocycles. The first-order valence-corrected chi connectivity index (χ1v) is 23.2. The number of ether oxygens (including phenoxy) is 2. The predicted molar refractivity (Wildman–Crippen MR) is 238 cm³/mol. The van der Waals surface area contributed by atoms with Gasteiger partial charge in [-0.3, -0.25) is 18.6 Å². The van der Waals surface area contributed by atoms with E-state index < -0.39 is 32.5 Å². The van der Waals surface area contributed by atoms with Gasteiger partial charge in [0, 0.05) is 19.4 Å². The van der Waals surface area contributed by atoms with Crippen LogP contribution in [0.4, 0.5) is 0 Å². The molecule has 0 spiro atoms. The lowest BCUT2D eigenvalue weighted by molar-refractivity contribution is -0.161. The predicted octanol–water partition coefficient (Wildman–Crippen LogP) is 12.6. The Hall–Kier alpha value is -3.07. The van der Waals surface area contributed by atoms with Crippen LogP contribution in [0, 0.1) is 0 Å². The van der Waals surface area contributed by atoms with Crippen LogP contribution in [0.2, 0.25) is 0 Å². The van der Waals surface area contributed by atoms with Gasteiger partial charge in [-0.15, -0.1) is 0 Å². The Balaban J connectivity index is 4.29. The lowest BCUT2D eigenvalue weighted by atomic mass is 10.1. The highest BCUT2D eigenvalue weighted by Crippen LogP contribution is 2.43. The van der Waals surface area contributed by atoms with E-state index in [1.807, 2.05) is 0 Å². The molecule has 0 heterocycles. The van der Waals surface area contributed by atoms with E-state index >= 15 is 0 Å². The lowest BCUT2D eigenvalue weighted by Gasteiger charge is -2.19. The highest BCUT2D eigenvalue weighted by Gasteiger charge is 2.25. The quantitative estimate of drug-likeness (QED) is 0.0269. The van der Waals surface area contributed by atoms with Gasteiger partial charge in [-0.2, -0.15) is 0 Å². The van der Waals surface area contributed by atoms with Crippen LogP contribution in [-0.4, -0.2) is 49.3 Å². The summed E-state index contributed by atoms with van der Waals surface area (Å²) in [5.74, 6) is -0.903. The maximum absolute atomic E-state index is 12.6. The normalized spacial score (nSPS) is 14.2. The van der Waals surface area contributed by atoms with E-state index in [4.69, 9.17) is 24.3 Å². The summed E-state index contributed by atoms with van der Waals surface area (Å²) in [7, 11) is -4.40. The van der Waals surface area contributed by atoms with E-state index in [1.165, 1.54) is 25.7 Å². The van der Waals surface area contributed by atoms with Crippen LogP contribution >= 0.6 is 7.82 Å². The van der Waals surface area contributed by atoms with Gasteiger partial charge in [-0.1, -0.05) is 143 Å². The average Bonchev–Trinajstić information content (AvgIpc) is 3.20. The molecule has 0 aliphatic heterocycles. The fourth-order valence-electron chi connectivity index (χ4n) is 5.25. The highest BCUT2D eigenvalue weighted by atomic mass is 31.2. The van der Waals surface area contributed by atoms with Gasteiger partial charge in [0.1, 0.15) is 6.61 Å². The number of unbranched alkanes of at least 4 members (excludes halogenated alkanes) is 10. The third kappa shape index (κ3) is 42.4. The van der Waals surface area contributed by atoms with Crippen molar-refractivity contribution in [2.24, 2.45) is 5.73 Å². The standard InChI is InChI=1S/C47H78NO8P/c1-3-5-7-9-11-13-15-17-19-21-22-24-25-27-29-31-33-35-37-39-46(49)53-43-45(44-55-57(51,52)54-42-41-48)56-47(50)40-38-36-34-32-30-28-26-23-20-18-16-14-12-10-8-6-4-2/h6,8,11-14,17-20,22,24,26-29,45H,3-5,7,9-10,15-16,21,23,25,30-44,48H2,1-2H3,(H,51,52)/t45-/m1/s1. The molecule has 0 aromatic heterocycles. The molecule has 9 nitrogen and oxygen atoms in total. The van der Waals surface area contributed by atoms with Crippen LogP contribution < -0.4 is 5.73 Å². The molecule has 324 valence electrons. The molecule has 0 aromatic rings. The SMILES string of the molecule is CCC=CCC=CCC=CCC=CCCCCCCC(=O)O[C@H](COC(=O)CCCCCC=CCC=CCC=CCC=CCCCCC)COP(=O)(O)OCCN. The Morgan fingerprint density at radius 1 is 0.544 bits per heavy atom. The number of allylic oxidation sites excluding steroid dienone is 16. The summed E-state index contributed by atoms with van der Waals surface area (Å²) in [5.41, 5.74) is 5.34. The topological polar surface area (TPSA) is 134 Å². The number of esters is 2. The summed E-state index contributed by atoms with van der Waals surface area (Å²) < 4.78 is 32.7. The van der Waals surface area contributed by atoms with Crippen molar-refractivity contribution in [3.8, 4) is 0 Å². The summed E-state index contributed by atoms with van der Waals surface area (Å²) in [6.45, 7) is 3.50. The Bertz CT molecular complexity index is 1250. The molecular weight excluding hydrogens is 737 g/mol. The molecule has 0 rings (SSSR count). The number of rotatable bonds is 39. The molecule has 0 bridgehead atoms. The second-order valence-electron chi connectivity index (χ2n) is 13.8. The van der Waals surface area contributed by atoms with Crippen molar-refractivity contribution in [3.05, 3.63) is 97.2 Å². The Morgan fingerprint density at radius 3 is 1.44 bits per heavy atom. The van der Waals surface area contributed by atoms with Gasteiger partial charge in [0.15, 0.2) is 6.10 Å². The van der Waals surface area contributed by atoms with Crippen molar-refractivity contribution in [2.45, 2.75) is 161 Å². The second-order valence-corrected chi connectivity index (χ2v) is 15.3. The van der Waals surface area contributed by atoms with Crippen LogP contribution in [0.5, 0.6) is 0 Å². The number of hydrogen-bond donors (Lipinski definition) is 2. The summed E-state index contributed by atoms with van der Waals surface area (Å²) in [4.78, 5) is 34.9. The number of nitrogens with two attached hydrogens (primary N) is 1. The van der Waals surface area contributed by atoms with Crippen molar-refractivity contribution in [2.75, 3.05) is 26.4 Å². The first kappa shape index (κ1) is 53.9. The maximum atomic E-state index is 12.6. The molecule has 1 unspecified atom stereocenters. The van der Waals surface area contributed by atoms with Gasteiger partial charge in [-0.25, -0.2) is 4.57 Å². The summed E-state index contributed by atoms with van der Waals surface area (Å²) in [6.07, 6.45) is 54.3. The molecular formula is C47H78NO8P. The van der Waals surface area contributed by atoms with E-state index in [0.717, 1.165) is 89.9 Å². The van der Waals surface area contributed by atoms with Gasteiger partial charge < -0.3 is 20.1 Å². The zero-order chi connectivity index (χ0) is 41.8. The van der Waals surface area contributed by atoms with Crippen molar-refractivity contribution in [1.29, 1.82) is 0 Å². The number of carbonyl (C=O) groups excluding carboxylic acids is 2. The Labute approximate surface area is 346 Å². The van der Waals surface area contributed by atoms with E-state index in [-0.39, 0.29) is 32.6 Å². The molecule has 0 aromatic carbocycles. The summed E-state index contributed by atoms with van der Waals surface area (Å²) in [5, 5.41) is 0. The molecule has 10 heteroatoms. The molecule has 0 amide bonds. The number of carbonyl (C=O) groups is 2. The molecule has 0 fully saturated rings. The van der Waals surface area contributed by atoms with Gasteiger partial charge in [-0.05, 0) is 96.3 Å². The van der Waals surface area contributed by atoms with Crippen LogP contribution in [0.3, 0.4) is 0 Å². The smallest absolute Gasteiger partial charge is 0.462 e. The zero-order valence-electron chi connectivity index (χ0n) is 35.5. The van der Waals surface area contributed by atoms with Crippen molar-refractivity contribution in [3.63, 3.8) is 0 Å². The van der Waals surface area contributed by atoms with Crippen LogP contribution in [-0.2, 0) is 32.7 Å². The third-order valence-electron chi connectivity index (χ3n) is 8.45. The Morgan fingerprint density at radius 2 is 0.965 bits per heavy atom. The average molecular weight is 816 g/mol. The van der Waals surface area contributed by atoms with Crippen molar-refractivity contribution in [1.82, 2.24) is 0 Å². The van der Waals surface area contributed by atoms with Crippen LogP contribution in [0.15, 0.2) is 97.2 Å². The molecule has 57 heavy (non-hydrogen) atoms. The largest absolute Gasteiger partial charge is 0.472 e. The second kappa shape index (κ2) is 42.5. The monoisotopic (exact) mass is 816 g/mol. The van der Waals surface area contributed by atoms with Crippen molar-refractivity contribution >= 4 is 19.8 Å². The van der Waals surface area contributed by atoms with E-state index in [2.05, 4.69) is 111 Å². The number of hydrogen-bond acceptors (Lipinski definition) is 8. The maximum Gasteiger partial charge on any atom is 0.472 e. The minimum Gasteiger partial charge on any atom is -0.462 e. The molecule has 0 saturated carbocycles. The summed E-state index contributed by atoms with van der Waals surface area (Å²) in [6, 6.07) is 0. The van der Waals surface area contributed by atoms with E-state index in [9.17, 15) is 19.0 Å². The minimum atomic E-state index is -4.40. The fourth-order valence-corrected chi connectivity index (χ4v) is 6.02. The molecule has 0 aliphatic rings. The van der Waals surface area contributed by atoms with Crippen LogP contribution in [0.1, 0.15) is 155 Å². The van der Waals surface area contributed by atoms with E-state index in [0.29, 0.717) is 12.8 Å². The van der Waals surface area contributed by atoms with Gasteiger partial charge in [0.25, 0.3) is 0 Å². The molecule has 2 atom stereocenters. The number of phosphoric ester groups is 1. The molecule has 0 aliphatic carbocycles. The first-order valence-electron chi connectivity index (χ1n) is 21.7. The van der Waals surface area contributed by atoms with Crippen LogP contribution in [0.25, 0.3) is 0 Å². The highest BCUT2D eigenvalue weighted by molar-refractivity contribution is 7.47. The van der Waals surface area contributed by atoms with Crippen molar-refractivity contribution < 1.29 is 37.6 Å². The van der Waals surface area contributed by atoms with Gasteiger partial charge in [0.2, 0.25) is 0 Å². The molecule has 3 N–H and O–H groups in total. The molecule has 0 radical (unpaired) electrons. The van der Waals surface area contributed by atoms with Gasteiger partial charge in [0.05, 0.1) is 13.2 Å². The third-order valence-corrected chi connectivity index (χ3v) is 9.44. The van der Waals surface area contributed by atoms with Gasteiger partial charge >= 0.3 is 19.8 Å². The zero-order valence-corrected chi connectivity index (χ0v) is 36.4. The lowest BCUT2D eigenvalue weighted by Crippen LogP contribution is -2.29.